The first-order chi connectivity index (χ1) is 12.2. The Balaban J connectivity index is 2.11. The van der Waals surface area contributed by atoms with E-state index in [-0.39, 0.29) is 11.0 Å². The number of fused-ring (bicyclic) bond motifs is 1. The lowest BCUT2D eigenvalue weighted by Gasteiger charge is -2.29. The van der Waals surface area contributed by atoms with Gasteiger partial charge in [-0.15, -0.1) is 0 Å². The highest BCUT2D eigenvalue weighted by molar-refractivity contribution is 6.59. The van der Waals surface area contributed by atoms with Crippen LogP contribution >= 0.6 is 0 Å². The van der Waals surface area contributed by atoms with Gasteiger partial charge in [0.15, 0.2) is 0 Å². The lowest BCUT2D eigenvalue weighted by molar-refractivity contribution is -0.111. The monoisotopic (exact) mass is 352 g/mol. The van der Waals surface area contributed by atoms with Crippen molar-refractivity contribution in [2.24, 2.45) is 7.05 Å². The molecule has 1 aromatic carbocycles. The third kappa shape index (κ3) is 3.52. The Kier molecular flexibility index (Phi) is 4.91. The first-order valence-corrected chi connectivity index (χ1v) is 9.04. The molecule has 1 aliphatic rings. The van der Waals surface area contributed by atoms with Gasteiger partial charge in [-0.05, 0) is 36.6 Å². The van der Waals surface area contributed by atoms with Gasteiger partial charge in [-0.3, -0.25) is 4.79 Å². The second-order valence-corrected chi connectivity index (χ2v) is 7.99. The van der Waals surface area contributed by atoms with Crippen LogP contribution in [0.25, 0.3) is 11.0 Å². The van der Waals surface area contributed by atoms with Crippen LogP contribution in [0.1, 0.15) is 18.4 Å². The maximum absolute atomic E-state index is 13.8. The number of carbonyl (C=O) groups excluding carboxylic acids is 1. The van der Waals surface area contributed by atoms with Crippen LogP contribution in [-0.2, 0) is 17.0 Å². The minimum atomic E-state index is -0.809. The molecule has 0 saturated carbocycles. The number of hydrogen-bond donors (Lipinski definition) is 1. The predicted molar refractivity (Wildman–Crippen MR) is 113 cm³/mol. The zero-order chi connectivity index (χ0) is 19.1. The number of nitrogens with zero attached hydrogens (tertiary/aromatic N) is 3. The number of hydrogen-bond acceptors (Lipinski definition) is 3. The zero-order valence-corrected chi connectivity index (χ0v) is 16.0. The average molecular weight is 352 g/mol. The summed E-state index contributed by atoms with van der Waals surface area (Å²) in [6.45, 7) is 4.71. The summed E-state index contributed by atoms with van der Waals surface area (Å²) in [5.41, 5.74) is 3.52. The maximum Gasteiger partial charge on any atom is 0.247 e. The van der Waals surface area contributed by atoms with E-state index in [1.54, 1.807) is 0 Å². The van der Waals surface area contributed by atoms with E-state index in [0.717, 1.165) is 41.2 Å². The van der Waals surface area contributed by atoms with E-state index >= 15 is 0 Å². The zero-order valence-electron chi connectivity index (χ0n) is 16.0. The fraction of sp³-hybridized carbons (Fsp3) is 0.412. The number of rotatable bonds is 4. The molecule has 1 amide bonds. The number of aromatic nitrogens is 2. The molecule has 0 unspecified atom stereocenters. The third-order valence-corrected chi connectivity index (χ3v) is 4.89. The summed E-state index contributed by atoms with van der Waals surface area (Å²) in [7, 11) is 8.27. The van der Waals surface area contributed by atoms with Crippen molar-refractivity contribution in [1.82, 2.24) is 9.55 Å². The maximum atomic E-state index is 13.8. The van der Waals surface area contributed by atoms with Crippen molar-refractivity contribution in [1.29, 1.82) is 0 Å². The number of amides is 1. The smallest absolute Gasteiger partial charge is 0.247 e. The van der Waals surface area contributed by atoms with Gasteiger partial charge in [0.25, 0.3) is 0 Å². The van der Waals surface area contributed by atoms with Gasteiger partial charge in [0, 0.05) is 19.3 Å². The highest BCUT2D eigenvalue weighted by atomic mass is 19.1. The van der Waals surface area contributed by atoms with Gasteiger partial charge >= 0.3 is 0 Å². The minimum Gasteiger partial charge on any atom is -0.339 e. The Hall–Kier alpha value is -2.18. The Morgan fingerprint density at radius 1 is 1.46 bits per heavy atom. The molecule has 0 radical (unpaired) electrons. The van der Waals surface area contributed by atoms with E-state index in [2.05, 4.69) is 41.5 Å². The molecule has 2 aromatic rings. The van der Waals surface area contributed by atoms with E-state index in [9.17, 15) is 9.18 Å². The van der Waals surface area contributed by atoms with Gasteiger partial charge in [-0.2, -0.15) is 0 Å². The Morgan fingerprint density at radius 3 is 2.81 bits per heavy atom. The van der Waals surface area contributed by atoms with Crippen molar-refractivity contribution in [3.8, 4) is 0 Å². The van der Waals surface area contributed by atoms with E-state index in [1.165, 1.54) is 6.08 Å². The largest absolute Gasteiger partial charge is 0.339 e. The Bertz CT molecular complexity index is 862. The Morgan fingerprint density at radius 2 is 2.19 bits per heavy atom. The first-order valence-electron chi connectivity index (χ1n) is 9.04. The number of aryl methyl sites for hydroxylation is 1. The van der Waals surface area contributed by atoms with Crippen LogP contribution in [0.15, 0.2) is 24.8 Å². The van der Waals surface area contributed by atoms with Crippen molar-refractivity contribution in [3.63, 3.8) is 0 Å². The second-order valence-electron chi connectivity index (χ2n) is 7.99. The molecule has 1 aliphatic heterocycles. The standard InChI is InChI=1S/C17H24B3FN4O/c1-3-15(26)22-12-8-13-14(7-11(12)17(18,19)20)24(2)16(23-13)25-6-4-5-10(21)9-25/h3,7-8,10H,1,4-6,9,18-20H2,2H3,(H,22,26)/t10-/m1/s1. The highest BCUT2D eigenvalue weighted by Gasteiger charge is 2.25. The predicted octanol–water partition coefficient (Wildman–Crippen LogP) is -0.354. The van der Waals surface area contributed by atoms with Crippen LogP contribution in [0.3, 0.4) is 0 Å². The summed E-state index contributed by atoms with van der Waals surface area (Å²) >= 11 is 0. The van der Waals surface area contributed by atoms with Crippen LogP contribution in [-0.4, -0.2) is 58.3 Å². The van der Waals surface area contributed by atoms with Crippen LogP contribution in [0.4, 0.5) is 16.0 Å². The molecule has 1 saturated heterocycles. The minimum absolute atomic E-state index is 0.155. The molecule has 1 fully saturated rings. The van der Waals surface area contributed by atoms with Crippen LogP contribution in [0.2, 0.25) is 0 Å². The summed E-state index contributed by atoms with van der Waals surface area (Å²) in [6, 6.07) is 3.97. The lowest BCUT2D eigenvalue weighted by Crippen LogP contribution is -2.37. The van der Waals surface area contributed by atoms with Crippen molar-refractivity contribution in [2.75, 3.05) is 23.3 Å². The van der Waals surface area contributed by atoms with Gasteiger partial charge in [0.1, 0.15) is 6.17 Å². The molecule has 5 nitrogen and oxygen atoms in total. The number of imidazole rings is 1. The number of alkyl halides is 1. The number of benzene rings is 1. The van der Waals surface area contributed by atoms with Gasteiger partial charge in [-0.1, -0.05) is 11.7 Å². The Labute approximate surface area is 156 Å². The van der Waals surface area contributed by atoms with Gasteiger partial charge in [0.05, 0.1) is 41.1 Å². The van der Waals surface area contributed by atoms with E-state index in [1.807, 2.05) is 22.6 Å². The van der Waals surface area contributed by atoms with Crippen LogP contribution in [0, 0.1) is 0 Å². The lowest BCUT2D eigenvalue weighted by atomic mass is 9.40. The molecule has 134 valence electrons. The molecule has 1 atom stereocenters. The van der Waals surface area contributed by atoms with E-state index in [0.29, 0.717) is 13.0 Å². The SMILES string of the molecule is BC(B)(B)c1cc2c(cc1NC(=O)C=C)nc(N1CCC[C@@H](F)C1)n2C. The molecule has 1 N–H and O–H groups in total. The fourth-order valence-electron chi connectivity index (χ4n) is 3.52. The topological polar surface area (TPSA) is 50.2 Å². The molecule has 3 rings (SSSR count). The molecule has 9 heteroatoms. The third-order valence-electron chi connectivity index (χ3n) is 4.89. The van der Waals surface area contributed by atoms with Gasteiger partial charge in [0.2, 0.25) is 11.9 Å². The second kappa shape index (κ2) is 6.85. The quantitative estimate of drug-likeness (QED) is 0.605. The molecule has 26 heavy (non-hydrogen) atoms. The molecule has 0 spiro atoms. The van der Waals surface area contributed by atoms with Crippen molar-refractivity contribution >= 4 is 52.1 Å². The molecular formula is C17H24B3FN4O. The number of piperidine rings is 1. The molecule has 0 aliphatic carbocycles. The molecule has 2 heterocycles. The summed E-state index contributed by atoms with van der Waals surface area (Å²) in [6.07, 6.45) is 1.90. The van der Waals surface area contributed by atoms with E-state index in [4.69, 9.17) is 4.98 Å². The number of halogens is 1. The molecule has 0 bridgehead atoms. The highest BCUT2D eigenvalue weighted by Crippen LogP contribution is 2.32. The summed E-state index contributed by atoms with van der Waals surface area (Å²) in [5.74, 6) is 0.525. The number of anilines is 2. The molecule has 1 aromatic heterocycles. The van der Waals surface area contributed by atoms with Gasteiger partial charge in [-0.25, -0.2) is 9.37 Å². The van der Waals surface area contributed by atoms with Crippen molar-refractivity contribution < 1.29 is 9.18 Å². The van der Waals surface area contributed by atoms with Crippen molar-refractivity contribution in [2.45, 2.75) is 24.1 Å². The van der Waals surface area contributed by atoms with E-state index < -0.39 is 6.17 Å². The summed E-state index contributed by atoms with van der Waals surface area (Å²) in [5, 5.41) is 2.74. The first kappa shape index (κ1) is 18.6. The average Bonchev–Trinajstić information content (AvgIpc) is 2.89. The number of nitrogens with one attached hydrogen (secondary N) is 1. The molecular weight excluding hydrogens is 328 g/mol. The van der Waals surface area contributed by atoms with Crippen LogP contribution < -0.4 is 10.2 Å². The number of carbonyl (C=O) groups is 1. The fourth-order valence-corrected chi connectivity index (χ4v) is 3.52. The summed E-state index contributed by atoms with van der Waals surface area (Å²) in [4.78, 5) is 18.6. The van der Waals surface area contributed by atoms with Gasteiger partial charge < -0.3 is 14.8 Å². The van der Waals surface area contributed by atoms with Crippen molar-refractivity contribution in [3.05, 3.63) is 30.4 Å². The summed E-state index contributed by atoms with van der Waals surface area (Å²) < 4.78 is 15.9. The normalized spacial score (nSPS) is 18.1. The van der Waals surface area contributed by atoms with Crippen LogP contribution in [0.5, 0.6) is 0 Å².